The topological polar surface area (TPSA) is 76.6 Å². The molecule has 0 N–H and O–H groups in total. The van der Waals surface area contributed by atoms with Gasteiger partial charge in [0.05, 0.1) is 23.9 Å². The van der Waals surface area contributed by atoms with Crippen molar-refractivity contribution in [1.82, 2.24) is 20.2 Å². The van der Waals surface area contributed by atoms with Gasteiger partial charge in [0.15, 0.2) is 0 Å². The predicted octanol–water partition coefficient (Wildman–Crippen LogP) is 3.32. The lowest BCUT2D eigenvalue weighted by Gasteiger charge is -2.08. The van der Waals surface area contributed by atoms with E-state index in [9.17, 15) is 0 Å². The third kappa shape index (κ3) is 4.17. The summed E-state index contributed by atoms with van der Waals surface area (Å²) in [4.78, 5) is 0. The predicted molar refractivity (Wildman–Crippen MR) is 96.0 cm³/mol. The third-order valence-electron chi connectivity index (χ3n) is 3.72. The molecule has 3 aromatic rings. The molecule has 7 heteroatoms. The first-order chi connectivity index (χ1) is 12.2. The molecule has 0 radical (unpaired) electrons. The summed E-state index contributed by atoms with van der Waals surface area (Å²) in [7, 11) is 0. The largest absolute Gasteiger partial charge is 0.493 e. The van der Waals surface area contributed by atoms with Gasteiger partial charge in [0.1, 0.15) is 5.75 Å². The summed E-state index contributed by atoms with van der Waals surface area (Å²) in [6.07, 6.45) is 0. The lowest BCUT2D eigenvalue weighted by molar-refractivity contribution is 0.343. The Balaban J connectivity index is 1.60. The summed E-state index contributed by atoms with van der Waals surface area (Å²) in [6.45, 7) is 4.64. The number of ether oxygens (including phenoxy) is 1. The highest BCUT2D eigenvalue weighted by Crippen LogP contribution is 2.20. The molecule has 2 aromatic carbocycles. The second kappa shape index (κ2) is 7.81. The van der Waals surface area contributed by atoms with Crippen molar-refractivity contribution in [2.75, 3.05) is 12.4 Å². The third-order valence-corrected chi connectivity index (χ3v) is 4.61. The van der Waals surface area contributed by atoms with E-state index in [1.165, 1.54) is 22.9 Å². The van der Waals surface area contributed by atoms with Gasteiger partial charge in [-0.3, -0.25) is 0 Å². The van der Waals surface area contributed by atoms with Gasteiger partial charge < -0.3 is 4.74 Å². The van der Waals surface area contributed by atoms with E-state index in [1.54, 1.807) is 22.9 Å². The van der Waals surface area contributed by atoms with E-state index in [-0.39, 0.29) is 0 Å². The number of hydrogen-bond donors (Lipinski definition) is 0. The molecule has 0 atom stereocenters. The van der Waals surface area contributed by atoms with Crippen molar-refractivity contribution in [2.24, 2.45) is 0 Å². The van der Waals surface area contributed by atoms with Crippen molar-refractivity contribution in [3.8, 4) is 17.5 Å². The van der Waals surface area contributed by atoms with Crippen molar-refractivity contribution in [3.63, 3.8) is 0 Å². The molecule has 0 aliphatic heterocycles. The molecular formula is C18H17N5OS. The van der Waals surface area contributed by atoms with E-state index >= 15 is 0 Å². The summed E-state index contributed by atoms with van der Waals surface area (Å²) < 4.78 is 7.41. The Bertz CT molecular complexity index is 916. The highest BCUT2D eigenvalue weighted by atomic mass is 32.2. The second-order valence-electron chi connectivity index (χ2n) is 5.48. The van der Waals surface area contributed by atoms with Crippen LogP contribution in [0.3, 0.4) is 0 Å². The van der Waals surface area contributed by atoms with Crippen LogP contribution in [0, 0.1) is 25.2 Å². The normalized spacial score (nSPS) is 10.4. The van der Waals surface area contributed by atoms with Crippen LogP contribution in [0.1, 0.15) is 16.7 Å². The van der Waals surface area contributed by atoms with E-state index in [4.69, 9.17) is 10.00 Å². The fraction of sp³-hybridized carbons (Fsp3) is 0.222. The summed E-state index contributed by atoms with van der Waals surface area (Å²) in [5.41, 5.74) is 3.96. The SMILES string of the molecule is Cc1ccc(-n2nnnc2SCCOc2cccc(C#N)c2)cc1C. The van der Waals surface area contributed by atoms with Gasteiger partial charge in [-0.15, -0.1) is 5.10 Å². The lowest BCUT2D eigenvalue weighted by Crippen LogP contribution is -2.04. The van der Waals surface area contributed by atoms with E-state index in [0.717, 1.165) is 10.8 Å². The maximum atomic E-state index is 8.90. The quantitative estimate of drug-likeness (QED) is 0.501. The standard InChI is InChI=1S/C18H17N5OS/c1-13-6-7-16(10-14(13)2)23-18(20-21-22-23)25-9-8-24-17-5-3-4-15(11-17)12-19/h3-7,10-11H,8-9H2,1-2H3. The monoisotopic (exact) mass is 351 g/mol. The smallest absolute Gasteiger partial charge is 0.214 e. The van der Waals surface area contributed by atoms with Crippen LogP contribution in [0.5, 0.6) is 5.75 Å². The number of benzene rings is 2. The van der Waals surface area contributed by atoms with Crippen LogP contribution in [0.25, 0.3) is 5.69 Å². The fourth-order valence-corrected chi connectivity index (χ4v) is 2.94. The van der Waals surface area contributed by atoms with E-state index in [1.807, 2.05) is 12.1 Å². The zero-order chi connectivity index (χ0) is 17.6. The van der Waals surface area contributed by atoms with Gasteiger partial charge >= 0.3 is 0 Å². The molecule has 25 heavy (non-hydrogen) atoms. The highest BCUT2D eigenvalue weighted by molar-refractivity contribution is 7.99. The number of aryl methyl sites for hydroxylation is 2. The Morgan fingerprint density at radius 2 is 2.04 bits per heavy atom. The Labute approximate surface area is 150 Å². The molecule has 0 amide bonds. The molecular weight excluding hydrogens is 334 g/mol. The Morgan fingerprint density at radius 3 is 2.84 bits per heavy atom. The minimum absolute atomic E-state index is 0.499. The molecule has 0 aliphatic rings. The zero-order valence-corrected chi connectivity index (χ0v) is 14.8. The molecule has 0 spiro atoms. The van der Waals surface area contributed by atoms with Crippen LogP contribution in [0.4, 0.5) is 0 Å². The maximum Gasteiger partial charge on any atom is 0.214 e. The molecule has 0 unspecified atom stereocenters. The summed E-state index contributed by atoms with van der Waals surface area (Å²) in [5, 5.41) is 21.6. The molecule has 0 saturated heterocycles. The summed E-state index contributed by atoms with van der Waals surface area (Å²) in [5.74, 6) is 1.38. The first-order valence-electron chi connectivity index (χ1n) is 7.79. The first-order valence-corrected chi connectivity index (χ1v) is 8.78. The van der Waals surface area contributed by atoms with Crippen molar-refractivity contribution < 1.29 is 4.74 Å². The molecule has 1 aromatic heterocycles. The lowest BCUT2D eigenvalue weighted by atomic mass is 10.1. The summed E-state index contributed by atoms with van der Waals surface area (Å²) >= 11 is 1.52. The number of hydrogen-bond acceptors (Lipinski definition) is 6. The van der Waals surface area contributed by atoms with Crippen LogP contribution in [0.15, 0.2) is 47.6 Å². The molecule has 3 rings (SSSR count). The van der Waals surface area contributed by atoms with Crippen LogP contribution in [-0.2, 0) is 0 Å². The van der Waals surface area contributed by atoms with E-state index < -0.39 is 0 Å². The number of rotatable bonds is 6. The average molecular weight is 351 g/mol. The van der Waals surface area contributed by atoms with E-state index in [0.29, 0.717) is 23.7 Å². The van der Waals surface area contributed by atoms with Crippen LogP contribution in [0.2, 0.25) is 0 Å². The number of nitrogens with zero attached hydrogens (tertiary/aromatic N) is 5. The molecule has 1 heterocycles. The van der Waals surface area contributed by atoms with E-state index in [2.05, 4.69) is 47.6 Å². The van der Waals surface area contributed by atoms with Gasteiger partial charge in [-0.1, -0.05) is 23.9 Å². The number of thioether (sulfide) groups is 1. The number of tetrazole rings is 1. The molecule has 0 aliphatic carbocycles. The molecule has 0 saturated carbocycles. The van der Waals surface area contributed by atoms with Gasteiger partial charge in [0.25, 0.3) is 0 Å². The first kappa shape index (κ1) is 17.0. The van der Waals surface area contributed by atoms with Gasteiger partial charge in [-0.05, 0) is 65.7 Å². The molecule has 0 bridgehead atoms. The summed E-state index contributed by atoms with van der Waals surface area (Å²) in [6, 6.07) is 15.4. The molecule has 6 nitrogen and oxygen atoms in total. The van der Waals surface area contributed by atoms with Crippen molar-refractivity contribution in [1.29, 1.82) is 5.26 Å². The fourth-order valence-electron chi connectivity index (χ4n) is 2.24. The van der Waals surface area contributed by atoms with Crippen LogP contribution >= 0.6 is 11.8 Å². The van der Waals surface area contributed by atoms with Gasteiger partial charge in [-0.25, -0.2) is 0 Å². The average Bonchev–Trinajstić information content (AvgIpc) is 3.10. The number of aromatic nitrogens is 4. The van der Waals surface area contributed by atoms with Gasteiger partial charge in [-0.2, -0.15) is 9.94 Å². The highest BCUT2D eigenvalue weighted by Gasteiger charge is 2.09. The van der Waals surface area contributed by atoms with Crippen LogP contribution in [-0.4, -0.2) is 32.6 Å². The Morgan fingerprint density at radius 1 is 1.16 bits per heavy atom. The Hall–Kier alpha value is -2.85. The molecule has 126 valence electrons. The van der Waals surface area contributed by atoms with Crippen molar-refractivity contribution >= 4 is 11.8 Å². The van der Waals surface area contributed by atoms with Crippen molar-refractivity contribution in [2.45, 2.75) is 19.0 Å². The zero-order valence-electron chi connectivity index (χ0n) is 14.0. The van der Waals surface area contributed by atoms with Crippen molar-refractivity contribution in [3.05, 3.63) is 59.2 Å². The number of nitriles is 1. The van der Waals surface area contributed by atoms with Gasteiger partial charge in [0.2, 0.25) is 5.16 Å². The molecule has 0 fully saturated rings. The Kier molecular flexibility index (Phi) is 5.31. The second-order valence-corrected chi connectivity index (χ2v) is 6.54. The van der Waals surface area contributed by atoms with Gasteiger partial charge in [0, 0.05) is 5.75 Å². The minimum atomic E-state index is 0.499. The maximum absolute atomic E-state index is 8.90. The minimum Gasteiger partial charge on any atom is -0.493 e. The van der Waals surface area contributed by atoms with Crippen LogP contribution < -0.4 is 4.74 Å².